The standard InChI is InChI=1S/C17H22ClFN2O2/c1-10(2)21-7-5-14(20-15-6-8-23-17(15)22)16(21)11-3-4-12(18)13(19)9-11/h3-4,9-10,14-16,20H,5-8H2,1-2H3. The number of esters is 1. The lowest BCUT2D eigenvalue weighted by Gasteiger charge is -2.32. The molecule has 0 aromatic heterocycles. The van der Waals surface area contributed by atoms with E-state index in [1.807, 2.05) is 6.07 Å². The van der Waals surface area contributed by atoms with E-state index in [9.17, 15) is 9.18 Å². The molecule has 1 aromatic rings. The highest BCUT2D eigenvalue weighted by molar-refractivity contribution is 6.30. The van der Waals surface area contributed by atoms with Crippen molar-refractivity contribution in [2.75, 3.05) is 13.2 Å². The molecule has 0 aliphatic carbocycles. The Morgan fingerprint density at radius 2 is 2.17 bits per heavy atom. The number of cyclic esters (lactones) is 1. The lowest BCUT2D eigenvalue weighted by molar-refractivity contribution is -0.139. The summed E-state index contributed by atoms with van der Waals surface area (Å²) in [5.74, 6) is -0.590. The number of likely N-dealkylation sites (tertiary alicyclic amines) is 1. The van der Waals surface area contributed by atoms with Crippen LogP contribution in [-0.4, -0.2) is 42.1 Å². The zero-order valence-corrected chi connectivity index (χ0v) is 14.1. The fourth-order valence-electron chi connectivity index (χ4n) is 3.60. The zero-order chi connectivity index (χ0) is 16.6. The lowest BCUT2D eigenvalue weighted by Crippen LogP contribution is -2.45. The van der Waals surface area contributed by atoms with Crippen molar-refractivity contribution in [3.63, 3.8) is 0 Å². The highest BCUT2D eigenvalue weighted by Crippen LogP contribution is 2.35. The van der Waals surface area contributed by atoms with E-state index in [0.717, 1.165) is 18.5 Å². The van der Waals surface area contributed by atoms with E-state index in [4.69, 9.17) is 16.3 Å². The maximum atomic E-state index is 13.9. The van der Waals surface area contributed by atoms with Crippen LogP contribution in [0.5, 0.6) is 0 Å². The van der Waals surface area contributed by atoms with Crippen molar-refractivity contribution in [2.24, 2.45) is 0 Å². The Hall–Kier alpha value is -1.17. The molecule has 2 aliphatic heterocycles. The Kier molecular flexibility index (Phi) is 4.90. The predicted molar refractivity (Wildman–Crippen MR) is 86.9 cm³/mol. The molecule has 1 aromatic carbocycles. The van der Waals surface area contributed by atoms with E-state index < -0.39 is 5.82 Å². The minimum absolute atomic E-state index is 0.0233. The predicted octanol–water partition coefficient (Wildman–Crippen LogP) is 2.91. The number of rotatable bonds is 4. The molecule has 3 atom stereocenters. The van der Waals surface area contributed by atoms with Gasteiger partial charge in [0.15, 0.2) is 0 Å². The van der Waals surface area contributed by atoms with Crippen molar-refractivity contribution in [3.8, 4) is 0 Å². The van der Waals surface area contributed by atoms with Gasteiger partial charge in [0, 0.05) is 25.0 Å². The third-order valence-corrected chi connectivity index (χ3v) is 5.04. The molecule has 3 rings (SSSR count). The van der Waals surface area contributed by atoms with E-state index in [1.54, 1.807) is 6.07 Å². The molecule has 23 heavy (non-hydrogen) atoms. The second kappa shape index (κ2) is 6.75. The summed E-state index contributed by atoms with van der Waals surface area (Å²) >= 11 is 5.81. The number of hydrogen-bond acceptors (Lipinski definition) is 4. The molecule has 0 spiro atoms. The van der Waals surface area contributed by atoms with Crippen molar-refractivity contribution in [3.05, 3.63) is 34.6 Å². The number of nitrogens with zero attached hydrogens (tertiary/aromatic N) is 1. The summed E-state index contributed by atoms with van der Waals surface area (Å²) in [5.41, 5.74) is 0.891. The van der Waals surface area contributed by atoms with Crippen LogP contribution in [0, 0.1) is 5.82 Å². The maximum absolute atomic E-state index is 13.9. The highest BCUT2D eigenvalue weighted by Gasteiger charge is 2.40. The van der Waals surface area contributed by atoms with Gasteiger partial charge < -0.3 is 4.74 Å². The average molecular weight is 341 g/mol. The van der Waals surface area contributed by atoms with Gasteiger partial charge in [-0.1, -0.05) is 17.7 Å². The van der Waals surface area contributed by atoms with E-state index in [-0.39, 0.29) is 29.1 Å². The first-order chi connectivity index (χ1) is 11.0. The Balaban J connectivity index is 1.85. The quantitative estimate of drug-likeness (QED) is 0.856. The molecule has 2 fully saturated rings. The van der Waals surface area contributed by atoms with E-state index in [2.05, 4.69) is 24.1 Å². The molecular weight excluding hydrogens is 319 g/mol. The molecule has 4 nitrogen and oxygen atoms in total. The summed E-state index contributed by atoms with van der Waals surface area (Å²) in [5, 5.41) is 3.55. The van der Waals surface area contributed by atoms with E-state index in [0.29, 0.717) is 19.1 Å². The van der Waals surface area contributed by atoms with Crippen LogP contribution >= 0.6 is 11.6 Å². The van der Waals surface area contributed by atoms with Gasteiger partial charge in [-0.05, 0) is 38.0 Å². The van der Waals surface area contributed by atoms with Crippen LogP contribution in [0.3, 0.4) is 0 Å². The lowest BCUT2D eigenvalue weighted by atomic mass is 9.98. The van der Waals surface area contributed by atoms with Crippen molar-refractivity contribution >= 4 is 17.6 Å². The molecule has 3 unspecified atom stereocenters. The molecule has 2 aliphatic rings. The summed E-state index contributed by atoms with van der Waals surface area (Å²) in [4.78, 5) is 14.1. The van der Waals surface area contributed by atoms with Gasteiger partial charge in [-0.15, -0.1) is 0 Å². The van der Waals surface area contributed by atoms with Gasteiger partial charge in [0.2, 0.25) is 0 Å². The Morgan fingerprint density at radius 3 is 2.78 bits per heavy atom. The van der Waals surface area contributed by atoms with Gasteiger partial charge >= 0.3 is 5.97 Å². The minimum atomic E-state index is -0.404. The molecule has 2 saturated heterocycles. The summed E-state index contributed by atoms with van der Waals surface area (Å²) < 4.78 is 18.9. The van der Waals surface area contributed by atoms with Gasteiger partial charge in [-0.3, -0.25) is 15.0 Å². The smallest absolute Gasteiger partial charge is 0.323 e. The molecule has 0 saturated carbocycles. The first kappa shape index (κ1) is 16.7. The molecule has 2 heterocycles. The summed E-state index contributed by atoms with van der Waals surface area (Å²) in [6.45, 7) is 5.64. The van der Waals surface area contributed by atoms with Crippen molar-refractivity contribution < 1.29 is 13.9 Å². The number of nitrogens with one attached hydrogen (secondary N) is 1. The first-order valence-corrected chi connectivity index (χ1v) is 8.48. The number of hydrogen-bond donors (Lipinski definition) is 1. The largest absolute Gasteiger partial charge is 0.464 e. The fourth-order valence-corrected chi connectivity index (χ4v) is 3.71. The Labute approximate surface area is 140 Å². The van der Waals surface area contributed by atoms with Crippen LogP contribution in [0.15, 0.2) is 18.2 Å². The minimum Gasteiger partial charge on any atom is -0.464 e. The molecule has 0 radical (unpaired) electrons. The monoisotopic (exact) mass is 340 g/mol. The third-order valence-electron chi connectivity index (χ3n) is 4.74. The fraction of sp³-hybridized carbons (Fsp3) is 0.588. The Bertz CT molecular complexity index is 596. The van der Waals surface area contributed by atoms with Gasteiger partial charge in [-0.25, -0.2) is 4.39 Å². The molecule has 126 valence electrons. The molecule has 6 heteroatoms. The van der Waals surface area contributed by atoms with Crippen LogP contribution in [0.2, 0.25) is 5.02 Å². The van der Waals surface area contributed by atoms with E-state index in [1.165, 1.54) is 6.07 Å². The van der Waals surface area contributed by atoms with Crippen LogP contribution in [0.1, 0.15) is 38.3 Å². The Morgan fingerprint density at radius 1 is 1.39 bits per heavy atom. The third kappa shape index (κ3) is 3.37. The molecule has 0 bridgehead atoms. The zero-order valence-electron chi connectivity index (χ0n) is 13.4. The van der Waals surface area contributed by atoms with Crippen LogP contribution in [0.4, 0.5) is 4.39 Å². The normalized spacial score (nSPS) is 28.6. The van der Waals surface area contributed by atoms with Crippen molar-refractivity contribution in [1.29, 1.82) is 0 Å². The first-order valence-electron chi connectivity index (χ1n) is 8.10. The van der Waals surface area contributed by atoms with Crippen molar-refractivity contribution in [1.82, 2.24) is 10.2 Å². The summed E-state index contributed by atoms with van der Waals surface area (Å²) in [6.07, 6.45) is 1.61. The molecular formula is C17H22ClFN2O2. The van der Waals surface area contributed by atoms with Crippen LogP contribution in [-0.2, 0) is 9.53 Å². The maximum Gasteiger partial charge on any atom is 0.323 e. The van der Waals surface area contributed by atoms with Gasteiger partial charge in [0.25, 0.3) is 0 Å². The number of ether oxygens (including phenoxy) is 1. The summed E-state index contributed by atoms with van der Waals surface area (Å²) in [7, 11) is 0. The molecule has 1 N–H and O–H groups in total. The van der Waals surface area contributed by atoms with Crippen LogP contribution < -0.4 is 5.32 Å². The van der Waals surface area contributed by atoms with Gasteiger partial charge in [-0.2, -0.15) is 0 Å². The summed E-state index contributed by atoms with van der Waals surface area (Å²) in [6, 6.07) is 5.18. The number of halogens is 2. The highest BCUT2D eigenvalue weighted by atomic mass is 35.5. The van der Waals surface area contributed by atoms with Crippen LogP contribution in [0.25, 0.3) is 0 Å². The van der Waals surface area contributed by atoms with Crippen molar-refractivity contribution in [2.45, 2.75) is 50.9 Å². The SMILES string of the molecule is CC(C)N1CCC(NC2CCOC2=O)C1c1ccc(Cl)c(F)c1. The number of carbonyl (C=O) groups excluding carboxylic acids is 1. The second-order valence-electron chi connectivity index (χ2n) is 6.52. The van der Waals surface area contributed by atoms with E-state index >= 15 is 0 Å². The number of benzene rings is 1. The number of carbonyl (C=O) groups is 1. The second-order valence-corrected chi connectivity index (χ2v) is 6.93. The topological polar surface area (TPSA) is 41.6 Å². The average Bonchev–Trinajstić information content (AvgIpc) is 3.10. The van der Waals surface area contributed by atoms with Gasteiger partial charge in [0.1, 0.15) is 11.9 Å². The van der Waals surface area contributed by atoms with Gasteiger partial charge in [0.05, 0.1) is 17.7 Å². The molecule has 0 amide bonds.